The molecule has 0 atom stereocenters. The van der Waals surface area contributed by atoms with Crippen LogP contribution >= 0.6 is 22.6 Å². The number of hydrogen-bond acceptors (Lipinski definition) is 1. The average Bonchev–Trinajstić information content (AvgIpc) is 1.86. The zero-order chi connectivity index (χ0) is 4.41. The average molecular weight is 195 g/mol. The lowest BCUT2D eigenvalue weighted by molar-refractivity contribution is 0.913. The summed E-state index contributed by atoms with van der Waals surface area (Å²) in [5.41, 5.74) is 0. The van der Waals surface area contributed by atoms with Crippen molar-refractivity contribution in [1.82, 2.24) is 5.32 Å². The third-order valence-electron chi connectivity index (χ3n) is 0.762. The molecule has 0 amide bonds. The summed E-state index contributed by atoms with van der Waals surface area (Å²) in [6.07, 6.45) is 3.40. The molecular formula is C4H6IN. The summed E-state index contributed by atoms with van der Waals surface area (Å²) in [5, 5.41) is 3.17. The van der Waals surface area contributed by atoms with Gasteiger partial charge in [0.15, 0.2) is 0 Å². The van der Waals surface area contributed by atoms with Crippen molar-refractivity contribution < 1.29 is 0 Å². The fourth-order valence-corrected chi connectivity index (χ4v) is 1.04. The van der Waals surface area contributed by atoms with Crippen molar-refractivity contribution in [2.45, 2.75) is 6.42 Å². The second-order valence-corrected chi connectivity index (χ2v) is 2.43. The Morgan fingerprint density at radius 2 is 2.67 bits per heavy atom. The molecular weight excluding hydrogens is 189 g/mol. The highest BCUT2D eigenvalue weighted by Crippen LogP contribution is 2.06. The van der Waals surface area contributed by atoms with E-state index >= 15 is 0 Å². The third kappa shape index (κ3) is 0.864. The van der Waals surface area contributed by atoms with Gasteiger partial charge in [0.1, 0.15) is 0 Å². The van der Waals surface area contributed by atoms with Gasteiger partial charge in [-0.25, -0.2) is 0 Å². The molecule has 0 spiro atoms. The number of nitrogens with one attached hydrogen (secondary N) is 1. The van der Waals surface area contributed by atoms with Crippen molar-refractivity contribution in [3.05, 3.63) is 9.78 Å². The Balaban J connectivity index is 2.45. The summed E-state index contributed by atoms with van der Waals surface area (Å²) in [5.74, 6) is 0. The minimum Gasteiger partial charge on any atom is -0.380 e. The molecule has 0 aromatic carbocycles. The molecule has 2 heteroatoms. The molecule has 0 fully saturated rings. The standard InChI is InChI=1S/C4H6IN/c5-4-2-1-3-6-4/h2,6H,1,3H2. The van der Waals surface area contributed by atoms with Gasteiger partial charge in [-0.15, -0.1) is 0 Å². The highest BCUT2D eigenvalue weighted by Gasteiger charge is 1.94. The molecule has 0 unspecified atom stereocenters. The summed E-state index contributed by atoms with van der Waals surface area (Å²) in [6, 6.07) is 0. The van der Waals surface area contributed by atoms with E-state index in [0.29, 0.717) is 0 Å². The van der Waals surface area contributed by atoms with Gasteiger partial charge in [-0.1, -0.05) is 6.08 Å². The van der Waals surface area contributed by atoms with Crippen LogP contribution in [-0.2, 0) is 0 Å². The minimum absolute atomic E-state index is 1.14. The second kappa shape index (κ2) is 1.82. The van der Waals surface area contributed by atoms with E-state index < -0.39 is 0 Å². The van der Waals surface area contributed by atoms with E-state index in [4.69, 9.17) is 0 Å². The highest BCUT2D eigenvalue weighted by atomic mass is 127. The smallest absolute Gasteiger partial charge is 0.0692 e. The van der Waals surface area contributed by atoms with Gasteiger partial charge < -0.3 is 5.32 Å². The predicted octanol–water partition coefficient (Wildman–Crippen LogP) is 1.26. The van der Waals surface area contributed by atoms with Crippen LogP contribution in [0.4, 0.5) is 0 Å². The zero-order valence-electron chi connectivity index (χ0n) is 3.37. The minimum atomic E-state index is 1.14. The molecule has 0 aromatic heterocycles. The first-order chi connectivity index (χ1) is 2.89. The first-order valence-corrected chi connectivity index (χ1v) is 3.07. The van der Waals surface area contributed by atoms with Crippen LogP contribution in [0.3, 0.4) is 0 Å². The number of rotatable bonds is 0. The first-order valence-electron chi connectivity index (χ1n) is 1.99. The zero-order valence-corrected chi connectivity index (χ0v) is 5.53. The quantitative estimate of drug-likeness (QED) is 0.453. The Morgan fingerprint density at radius 1 is 1.83 bits per heavy atom. The molecule has 1 aliphatic rings. The lowest BCUT2D eigenvalue weighted by atomic mass is 10.5. The molecule has 0 aliphatic carbocycles. The van der Waals surface area contributed by atoms with Crippen molar-refractivity contribution in [3.8, 4) is 0 Å². The normalized spacial score (nSPS) is 19.8. The van der Waals surface area contributed by atoms with Gasteiger partial charge in [-0.3, -0.25) is 0 Å². The first kappa shape index (κ1) is 4.43. The third-order valence-corrected chi connectivity index (χ3v) is 1.58. The van der Waals surface area contributed by atoms with E-state index in [1.807, 2.05) is 0 Å². The predicted molar refractivity (Wildman–Crippen MR) is 34.7 cm³/mol. The van der Waals surface area contributed by atoms with Crippen LogP contribution in [0, 0.1) is 0 Å². The van der Waals surface area contributed by atoms with E-state index in [9.17, 15) is 0 Å². The van der Waals surface area contributed by atoms with E-state index in [1.54, 1.807) is 0 Å². The molecule has 0 bridgehead atoms. The Hall–Kier alpha value is 0.270. The molecule has 6 heavy (non-hydrogen) atoms. The monoisotopic (exact) mass is 195 g/mol. The maximum absolute atomic E-state index is 3.17. The Bertz CT molecular complexity index is 77.6. The fourth-order valence-electron chi connectivity index (χ4n) is 0.463. The van der Waals surface area contributed by atoms with Gasteiger partial charge >= 0.3 is 0 Å². The second-order valence-electron chi connectivity index (χ2n) is 1.27. The number of hydrogen-bond donors (Lipinski definition) is 1. The van der Waals surface area contributed by atoms with Crippen LogP contribution in [-0.4, -0.2) is 6.54 Å². The molecule has 1 nitrogen and oxygen atoms in total. The van der Waals surface area contributed by atoms with E-state index in [-0.39, 0.29) is 0 Å². The molecule has 0 saturated carbocycles. The summed E-state index contributed by atoms with van der Waals surface area (Å²) in [6.45, 7) is 1.14. The van der Waals surface area contributed by atoms with Gasteiger partial charge in [0.2, 0.25) is 0 Å². The molecule has 1 rings (SSSR count). The van der Waals surface area contributed by atoms with Crippen LogP contribution in [0.2, 0.25) is 0 Å². The van der Waals surface area contributed by atoms with E-state index in [1.165, 1.54) is 10.1 Å². The molecule has 1 N–H and O–H groups in total. The van der Waals surface area contributed by atoms with E-state index in [2.05, 4.69) is 34.0 Å². The fraction of sp³-hybridized carbons (Fsp3) is 0.500. The van der Waals surface area contributed by atoms with Crippen LogP contribution in [0.15, 0.2) is 9.78 Å². The molecule has 1 aliphatic heterocycles. The summed E-state index contributed by atoms with van der Waals surface area (Å²) < 4.78 is 1.30. The topological polar surface area (TPSA) is 12.0 Å². The lowest BCUT2D eigenvalue weighted by Gasteiger charge is -1.86. The molecule has 0 radical (unpaired) electrons. The number of halogens is 1. The van der Waals surface area contributed by atoms with Gasteiger partial charge in [0.25, 0.3) is 0 Å². The Morgan fingerprint density at radius 3 is 2.83 bits per heavy atom. The van der Waals surface area contributed by atoms with Gasteiger partial charge in [-0.2, -0.15) is 0 Å². The SMILES string of the molecule is IC1=CCCN1. The Kier molecular flexibility index (Phi) is 1.34. The highest BCUT2D eigenvalue weighted by molar-refractivity contribution is 14.1. The van der Waals surface area contributed by atoms with Gasteiger partial charge in [0, 0.05) is 6.54 Å². The van der Waals surface area contributed by atoms with E-state index in [0.717, 1.165) is 6.54 Å². The van der Waals surface area contributed by atoms with Crippen molar-refractivity contribution >= 4 is 22.6 Å². The van der Waals surface area contributed by atoms with Crippen LogP contribution < -0.4 is 5.32 Å². The molecule has 34 valence electrons. The van der Waals surface area contributed by atoms with Gasteiger partial charge in [0.05, 0.1) is 3.70 Å². The van der Waals surface area contributed by atoms with Crippen LogP contribution in [0.5, 0.6) is 0 Å². The summed E-state index contributed by atoms with van der Waals surface area (Å²) in [4.78, 5) is 0. The Labute approximate surface area is 51.0 Å². The largest absolute Gasteiger partial charge is 0.380 e. The maximum Gasteiger partial charge on any atom is 0.0692 e. The van der Waals surface area contributed by atoms with Crippen LogP contribution in [0.25, 0.3) is 0 Å². The summed E-state index contributed by atoms with van der Waals surface area (Å²) >= 11 is 2.28. The molecule has 0 saturated heterocycles. The van der Waals surface area contributed by atoms with Gasteiger partial charge in [-0.05, 0) is 29.0 Å². The van der Waals surface area contributed by atoms with Crippen molar-refractivity contribution in [2.24, 2.45) is 0 Å². The van der Waals surface area contributed by atoms with Crippen LogP contribution in [0.1, 0.15) is 6.42 Å². The lowest BCUT2D eigenvalue weighted by Crippen LogP contribution is -2.01. The maximum atomic E-state index is 3.17. The van der Waals surface area contributed by atoms with Crippen molar-refractivity contribution in [2.75, 3.05) is 6.54 Å². The molecule has 1 heterocycles. The van der Waals surface area contributed by atoms with Crippen molar-refractivity contribution in [3.63, 3.8) is 0 Å². The molecule has 0 aromatic rings. The summed E-state index contributed by atoms with van der Waals surface area (Å²) in [7, 11) is 0. The van der Waals surface area contributed by atoms with Crippen molar-refractivity contribution in [1.29, 1.82) is 0 Å².